The third-order valence-electron chi connectivity index (χ3n) is 6.33. The van der Waals surface area contributed by atoms with Crippen molar-refractivity contribution in [2.24, 2.45) is 0 Å². The molecule has 9 heteroatoms. The van der Waals surface area contributed by atoms with Crippen LogP contribution in [0.2, 0.25) is 0 Å². The van der Waals surface area contributed by atoms with Crippen molar-refractivity contribution in [1.82, 2.24) is 14.8 Å². The van der Waals surface area contributed by atoms with Gasteiger partial charge in [0, 0.05) is 35.9 Å². The van der Waals surface area contributed by atoms with Gasteiger partial charge in [-0.25, -0.2) is 4.79 Å². The minimum Gasteiger partial charge on any atom is -0.467 e. The summed E-state index contributed by atoms with van der Waals surface area (Å²) in [4.78, 5) is 41.1. The first-order valence-electron chi connectivity index (χ1n) is 11.5. The third kappa shape index (κ3) is 4.38. The monoisotopic (exact) mass is 474 g/mol. The number of urea groups is 1. The summed E-state index contributed by atoms with van der Waals surface area (Å²) in [6, 6.07) is 12.8. The normalized spacial score (nSPS) is 17.9. The van der Waals surface area contributed by atoms with Gasteiger partial charge in [0.1, 0.15) is 11.3 Å². The van der Waals surface area contributed by atoms with Crippen LogP contribution in [0.4, 0.5) is 10.5 Å². The Morgan fingerprint density at radius 1 is 1.00 bits per heavy atom. The molecule has 35 heavy (non-hydrogen) atoms. The Morgan fingerprint density at radius 2 is 1.71 bits per heavy atom. The van der Waals surface area contributed by atoms with Crippen LogP contribution in [-0.2, 0) is 20.9 Å². The molecule has 1 N–H and O–H groups in total. The van der Waals surface area contributed by atoms with Gasteiger partial charge in [0.25, 0.3) is 11.8 Å². The summed E-state index contributed by atoms with van der Waals surface area (Å²) in [7, 11) is 0. The Morgan fingerprint density at radius 3 is 2.40 bits per heavy atom. The molecule has 0 bridgehead atoms. The van der Waals surface area contributed by atoms with E-state index in [0.29, 0.717) is 5.76 Å². The average molecular weight is 475 g/mol. The first-order chi connectivity index (χ1) is 16.9. The van der Waals surface area contributed by atoms with Crippen molar-refractivity contribution in [3.05, 3.63) is 77.0 Å². The highest BCUT2D eigenvalue weighted by Gasteiger charge is 2.36. The van der Waals surface area contributed by atoms with Gasteiger partial charge < -0.3 is 18.6 Å². The number of nitrogens with zero attached hydrogens (tertiary/aromatic N) is 3. The van der Waals surface area contributed by atoms with E-state index in [1.807, 2.05) is 19.9 Å². The van der Waals surface area contributed by atoms with E-state index >= 15 is 0 Å². The highest BCUT2D eigenvalue weighted by molar-refractivity contribution is 6.31. The summed E-state index contributed by atoms with van der Waals surface area (Å²) in [5.41, 5.74) is 4.60. The number of nitrogens with one attached hydrogen (secondary N) is 1. The number of imide groups is 2. The molecule has 0 unspecified atom stereocenters. The molecule has 2 fully saturated rings. The van der Waals surface area contributed by atoms with E-state index in [4.69, 9.17) is 9.15 Å². The number of aromatic nitrogens is 1. The second kappa shape index (κ2) is 9.27. The molecule has 4 heterocycles. The molecule has 0 atom stereocenters. The molecule has 2 saturated heterocycles. The van der Waals surface area contributed by atoms with Crippen LogP contribution in [0.25, 0.3) is 11.8 Å². The van der Waals surface area contributed by atoms with Crippen LogP contribution >= 0.6 is 0 Å². The molecule has 180 valence electrons. The van der Waals surface area contributed by atoms with Crippen LogP contribution in [-0.4, -0.2) is 53.6 Å². The number of benzene rings is 1. The van der Waals surface area contributed by atoms with Gasteiger partial charge in [-0.3, -0.25) is 19.8 Å². The molecule has 9 nitrogen and oxygen atoms in total. The predicted molar refractivity (Wildman–Crippen MR) is 129 cm³/mol. The first kappa shape index (κ1) is 22.7. The van der Waals surface area contributed by atoms with E-state index in [0.717, 1.165) is 59.5 Å². The Bertz CT molecular complexity index is 1300. The fraction of sp³-hybridized carbons (Fsp3) is 0.269. The minimum absolute atomic E-state index is 0.0587. The number of carbonyl (C=O) groups excluding carboxylic acids is 3. The van der Waals surface area contributed by atoms with Crippen LogP contribution in [0.15, 0.2) is 58.7 Å². The number of amides is 4. The van der Waals surface area contributed by atoms with Crippen molar-refractivity contribution < 1.29 is 23.5 Å². The van der Waals surface area contributed by atoms with Crippen molar-refractivity contribution in [2.75, 3.05) is 31.2 Å². The van der Waals surface area contributed by atoms with Gasteiger partial charge in [-0.15, -0.1) is 0 Å². The number of hydrogen-bond donors (Lipinski definition) is 1. The zero-order valence-corrected chi connectivity index (χ0v) is 19.6. The maximum absolute atomic E-state index is 13.1. The molecule has 0 spiro atoms. The third-order valence-corrected chi connectivity index (χ3v) is 6.33. The lowest BCUT2D eigenvalue weighted by Crippen LogP contribution is -2.53. The van der Waals surface area contributed by atoms with Gasteiger partial charge in [-0.2, -0.15) is 0 Å². The number of morpholine rings is 1. The summed E-state index contributed by atoms with van der Waals surface area (Å²) in [5, 5.41) is 2.25. The highest BCUT2D eigenvalue weighted by Crippen LogP contribution is 2.26. The Hall–Kier alpha value is -4.11. The molecule has 2 aliphatic heterocycles. The number of furan rings is 1. The van der Waals surface area contributed by atoms with E-state index in [2.05, 4.69) is 39.0 Å². The molecule has 2 aliphatic rings. The molecule has 1 aromatic carbocycles. The summed E-state index contributed by atoms with van der Waals surface area (Å²) < 4.78 is 12.8. The summed E-state index contributed by atoms with van der Waals surface area (Å²) >= 11 is 0. The standard InChI is InChI=1S/C26H26N4O5/c1-17-14-19(15-23-24(31)27-26(33)29(25(23)32)16-22-4-3-11-35-22)18(2)30(17)21-7-5-20(6-8-21)28-9-12-34-13-10-28/h3-8,11,14-15H,9-10,12-13,16H2,1-2H3,(H,27,31,33)/b23-15+. The van der Waals surface area contributed by atoms with Gasteiger partial charge >= 0.3 is 6.03 Å². The average Bonchev–Trinajstić information content (AvgIpc) is 3.47. The molecule has 0 saturated carbocycles. The fourth-order valence-electron chi connectivity index (χ4n) is 4.52. The number of barbiturate groups is 1. The van der Waals surface area contributed by atoms with Crippen molar-refractivity contribution in [1.29, 1.82) is 0 Å². The maximum Gasteiger partial charge on any atom is 0.331 e. The van der Waals surface area contributed by atoms with Crippen molar-refractivity contribution in [3.8, 4) is 5.69 Å². The van der Waals surface area contributed by atoms with Gasteiger partial charge in [0.05, 0.1) is 26.0 Å². The van der Waals surface area contributed by atoms with Gasteiger partial charge in [0.15, 0.2) is 0 Å². The van der Waals surface area contributed by atoms with Gasteiger partial charge in [-0.05, 0) is 68.0 Å². The minimum atomic E-state index is -0.764. The lowest BCUT2D eigenvalue weighted by molar-refractivity contribution is -0.130. The summed E-state index contributed by atoms with van der Waals surface area (Å²) in [6.45, 7) is 7.05. The zero-order valence-electron chi connectivity index (χ0n) is 19.6. The van der Waals surface area contributed by atoms with E-state index in [1.165, 1.54) is 6.26 Å². The molecule has 4 amide bonds. The van der Waals surface area contributed by atoms with Crippen LogP contribution in [0.3, 0.4) is 0 Å². The smallest absolute Gasteiger partial charge is 0.331 e. The number of anilines is 1. The van der Waals surface area contributed by atoms with Crippen molar-refractivity contribution in [3.63, 3.8) is 0 Å². The lowest BCUT2D eigenvalue weighted by Gasteiger charge is -2.29. The van der Waals surface area contributed by atoms with Crippen LogP contribution in [0.5, 0.6) is 0 Å². The quantitative estimate of drug-likeness (QED) is 0.451. The number of carbonyl (C=O) groups is 3. The SMILES string of the molecule is Cc1cc(/C=C2\C(=O)NC(=O)N(Cc3ccco3)C2=O)c(C)n1-c1ccc(N2CCOCC2)cc1. The molecule has 0 radical (unpaired) electrons. The van der Waals surface area contributed by atoms with E-state index < -0.39 is 17.8 Å². The zero-order chi connectivity index (χ0) is 24.5. The number of rotatable bonds is 5. The number of hydrogen-bond acceptors (Lipinski definition) is 6. The molecule has 2 aromatic heterocycles. The Labute approximate surface area is 202 Å². The summed E-state index contributed by atoms with van der Waals surface area (Å²) in [6.07, 6.45) is 3.01. The topological polar surface area (TPSA) is 97.0 Å². The summed E-state index contributed by atoms with van der Waals surface area (Å²) in [5.74, 6) is -0.925. The molecular formula is C26H26N4O5. The Balaban J connectivity index is 1.43. The number of ether oxygens (including phenoxy) is 1. The first-order valence-corrected chi connectivity index (χ1v) is 11.5. The Kier molecular flexibility index (Phi) is 6.00. The van der Waals surface area contributed by atoms with Crippen LogP contribution in [0, 0.1) is 13.8 Å². The van der Waals surface area contributed by atoms with Crippen molar-refractivity contribution in [2.45, 2.75) is 20.4 Å². The van der Waals surface area contributed by atoms with Crippen LogP contribution < -0.4 is 10.2 Å². The molecule has 5 rings (SSSR count). The fourth-order valence-corrected chi connectivity index (χ4v) is 4.52. The van der Waals surface area contributed by atoms with E-state index in [9.17, 15) is 14.4 Å². The second-order valence-electron chi connectivity index (χ2n) is 8.57. The molecular weight excluding hydrogens is 448 g/mol. The van der Waals surface area contributed by atoms with Gasteiger partial charge in [0.2, 0.25) is 0 Å². The molecule has 3 aromatic rings. The van der Waals surface area contributed by atoms with Gasteiger partial charge in [-0.1, -0.05) is 0 Å². The van der Waals surface area contributed by atoms with E-state index in [1.54, 1.807) is 18.2 Å². The second-order valence-corrected chi connectivity index (χ2v) is 8.57. The molecule has 0 aliphatic carbocycles. The van der Waals surface area contributed by atoms with E-state index in [-0.39, 0.29) is 12.1 Å². The largest absolute Gasteiger partial charge is 0.467 e. The maximum atomic E-state index is 13.1. The number of aryl methyl sites for hydroxylation is 1. The highest BCUT2D eigenvalue weighted by atomic mass is 16.5. The predicted octanol–water partition coefficient (Wildman–Crippen LogP) is 3.19. The lowest BCUT2D eigenvalue weighted by atomic mass is 10.1. The van der Waals surface area contributed by atoms with Crippen molar-refractivity contribution >= 4 is 29.6 Å². The van der Waals surface area contributed by atoms with Crippen LogP contribution in [0.1, 0.15) is 22.7 Å².